The van der Waals surface area contributed by atoms with Gasteiger partial charge in [0, 0.05) is 18.0 Å². The third-order valence-corrected chi connectivity index (χ3v) is 5.14. The number of aliphatic hydroxyl groups excluding tert-OH is 1. The largest absolute Gasteiger partial charge is 0.507 e. The third-order valence-electron chi connectivity index (χ3n) is 4.31. The quantitative estimate of drug-likeness (QED) is 0.415. The van der Waals surface area contributed by atoms with Crippen molar-refractivity contribution >= 4 is 33.9 Å². The molecule has 1 aliphatic heterocycles. The van der Waals surface area contributed by atoms with E-state index in [1.54, 1.807) is 6.92 Å². The first-order valence-corrected chi connectivity index (χ1v) is 9.06. The molecule has 1 aliphatic rings. The molecule has 140 valence electrons. The first kappa shape index (κ1) is 17.9. The summed E-state index contributed by atoms with van der Waals surface area (Å²) in [6, 6.07) is 7.49. The summed E-state index contributed by atoms with van der Waals surface area (Å²) >= 11 is 1.14. The lowest BCUT2D eigenvalue weighted by molar-refractivity contribution is -0.132. The summed E-state index contributed by atoms with van der Waals surface area (Å²) in [4.78, 5) is 30.7. The molecule has 2 aromatic heterocycles. The number of carbonyl (C=O) groups excluding carboxylic acids is 2. The molecule has 9 heteroatoms. The topological polar surface area (TPSA) is 96.3 Å². The number of hydrogen-bond acceptors (Lipinski definition) is 7. The van der Waals surface area contributed by atoms with Gasteiger partial charge in [-0.05, 0) is 36.8 Å². The summed E-state index contributed by atoms with van der Waals surface area (Å²) in [6.07, 6.45) is 2.93. The molecule has 28 heavy (non-hydrogen) atoms. The zero-order chi connectivity index (χ0) is 19.8. The minimum atomic E-state index is -0.957. The number of Topliss-reactive ketones (excluding diaryl/α,β-unsaturated/α-hetero) is 1. The Morgan fingerprint density at radius 2 is 1.79 bits per heavy atom. The van der Waals surface area contributed by atoms with Crippen LogP contribution in [0.4, 0.5) is 9.52 Å². The summed E-state index contributed by atoms with van der Waals surface area (Å²) in [5, 5.41) is 19.5. The average Bonchev–Trinajstić information content (AvgIpc) is 3.24. The second-order valence-electron chi connectivity index (χ2n) is 6.06. The smallest absolute Gasteiger partial charge is 0.301 e. The number of hydrogen-bond donors (Lipinski definition) is 1. The SMILES string of the molecule is Cc1nnc(N2C(=O)C(=O)/C(=C(/O)c3ccncc3)C2c2ccc(F)cc2)s1. The van der Waals surface area contributed by atoms with Gasteiger partial charge >= 0.3 is 5.91 Å². The van der Waals surface area contributed by atoms with Crippen molar-refractivity contribution in [1.82, 2.24) is 15.2 Å². The molecule has 1 saturated heterocycles. The van der Waals surface area contributed by atoms with Gasteiger partial charge in [0.2, 0.25) is 5.13 Å². The van der Waals surface area contributed by atoms with Crippen molar-refractivity contribution in [3.63, 3.8) is 0 Å². The van der Waals surface area contributed by atoms with Crippen molar-refractivity contribution in [2.75, 3.05) is 4.90 Å². The number of nitrogens with zero attached hydrogens (tertiary/aromatic N) is 4. The van der Waals surface area contributed by atoms with Crippen LogP contribution in [0.25, 0.3) is 5.76 Å². The standard InChI is InChI=1S/C19H13FN4O3S/c1-10-22-23-19(28-10)24-15(11-2-4-13(20)5-3-11)14(17(26)18(24)27)16(25)12-6-8-21-9-7-12/h2-9,15,25H,1H3/b16-14+. The van der Waals surface area contributed by atoms with E-state index in [4.69, 9.17) is 0 Å². The van der Waals surface area contributed by atoms with Gasteiger partial charge < -0.3 is 5.11 Å². The number of aryl methyl sites for hydroxylation is 1. The molecule has 0 saturated carbocycles. The molecule has 1 unspecified atom stereocenters. The van der Waals surface area contributed by atoms with Gasteiger partial charge in [0.1, 0.15) is 16.6 Å². The van der Waals surface area contributed by atoms with Gasteiger partial charge in [-0.15, -0.1) is 10.2 Å². The highest BCUT2D eigenvalue weighted by atomic mass is 32.1. The summed E-state index contributed by atoms with van der Waals surface area (Å²) in [5.41, 5.74) is 0.702. The number of benzene rings is 1. The zero-order valence-electron chi connectivity index (χ0n) is 14.5. The van der Waals surface area contributed by atoms with E-state index in [9.17, 15) is 19.1 Å². The van der Waals surface area contributed by atoms with Crippen LogP contribution in [-0.2, 0) is 9.59 Å². The monoisotopic (exact) mass is 396 g/mol. The lowest BCUT2D eigenvalue weighted by Crippen LogP contribution is -2.29. The van der Waals surface area contributed by atoms with Gasteiger partial charge in [-0.3, -0.25) is 19.5 Å². The van der Waals surface area contributed by atoms with Crippen LogP contribution in [0, 0.1) is 12.7 Å². The lowest BCUT2D eigenvalue weighted by atomic mass is 9.95. The highest BCUT2D eigenvalue weighted by Crippen LogP contribution is 2.42. The second-order valence-corrected chi connectivity index (χ2v) is 7.22. The molecular weight excluding hydrogens is 383 g/mol. The molecule has 3 aromatic rings. The fourth-order valence-corrected chi connectivity index (χ4v) is 3.75. The van der Waals surface area contributed by atoms with Crippen molar-refractivity contribution in [2.24, 2.45) is 0 Å². The summed E-state index contributed by atoms with van der Waals surface area (Å²) < 4.78 is 13.4. The van der Waals surface area contributed by atoms with E-state index in [1.165, 1.54) is 53.7 Å². The first-order chi connectivity index (χ1) is 13.5. The van der Waals surface area contributed by atoms with E-state index in [0.717, 1.165) is 11.3 Å². The van der Waals surface area contributed by atoms with Crippen LogP contribution in [0.5, 0.6) is 0 Å². The van der Waals surface area contributed by atoms with Crippen molar-refractivity contribution < 1.29 is 19.1 Å². The average molecular weight is 396 g/mol. The Morgan fingerprint density at radius 3 is 2.39 bits per heavy atom. The molecule has 4 rings (SSSR count). The van der Waals surface area contributed by atoms with Crippen LogP contribution in [0.1, 0.15) is 22.2 Å². The molecule has 7 nitrogen and oxygen atoms in total. The number of rotatable bonds is 3. The van der Waals surface area contributed by atoms with E-state index < -0.39 is 23.5 Å². The van der Waals surface area contributed by atoms with Gasteiger partial charge in [0.05, 0.1) is 11.6 Å². The fourth-order valence-electron chi connectivity index (χ4n) is 3.04. The number of amides is 1. The van der Waals surface area contributed by atoms with Gasteiger partial charge in [-0.1, -0.05) is 23.5 Å². The number of halogens is 1. The third kappa shape index (κ3) is 2.95. The molecule has 1 amide bonds. The Balaban J connectivity index is 1.94. The second kappa shape index (κ2) is 6.93. The predicted molar refractivity (Wildman–Crippen MR) is 100 cm³/mol. The summed E-state index contributed by atoms with van der Waals surface area (Å²) in [6.45, 7) is 1.72. The number of aromatic nitrogens is 3. The molecular formula is C19H13FN4O3S. The van der Waals surface area contributed by atoms with Crippen LogP contribution in [0.3, 0.4) is 0 Å². The minimum Gasteiger partial charge on any atom is -0.507 e. The van der Waals surface area contributed by atoms with E-state index in [1.807, 2.05) is 0 Å². The molecule has 3 heterocycles. The Kier molecular flexibility index (Phi) is 4.44. The fraction of sp³-hybridized carbons (Fsp3) is 0.105. The van der Waals surface area contributed by atoms with Crippen molar-refractivity contribution in [1.29, 1.82) is 0 Å². The Hall–Kier alpha value is -3.46. The molecule has 1 fully saturated rings. The number of pyridine rings is 1. The van der Waals surface area contributed by atoms with Crippen molar-refractivity contribution in [2.45, 2.75) is 13.0 Å². The molecule has 1 aromatic carbocycles. The first-order valence-electron chi connectivity index (χ1n) is 8.24. The van der Waals surface area contributed by atoms with E-state index in [2.05, 4.69) is 15.2 Å². The Labute approximate surface area is 162 Å². The maximum atomic E-state index is 13.4. The number of ketones is 1. The Bertz CT molecular complexity index is 1100. The van der Waals surface area contributed by atoms with Crippen molar-refractivity contribution in [3.8, 4) is 0 Å². The van der Waals surface area contributed by atoms with Crippen molar-refractivity contribution in [3.05, 3.63) is 76.3 Å². The van der Waals surface area contributed by atoms with Gasteiger partial charge in [0.25, 0.3) is 5.78 Å². The van der Waals surface area contributed by atoms with Crippen LogP contribution >= 0.6 is 11.3 Å². The van der Waals surface area contributed by atoms with Crippen LogP contribution in [0.2, 0.25) is 0 Å². The maximum Gasteiger partial charge on any atom is 0.301 e. The van der Waals surface area contributed by atoms with E-state index in [0.29, 0.717) is 16.1 Å². The zero-order valence-corrected chi connectivity index (χ0v) is 15.4. The van der Waals surface area contributed by atoms with Gasteiger partial charge in [0.15, 0.2) is 0 Å². The van der Waals surface area contributed by atoms with E-state index >= 15 is 0 Å². The summed E-state index contributed by atoms with van der Waals surface area (Å²) in [7, 11) is 0. The van der Waals surface area contributed by atoms with Crippen LogP contribution in [0.15, 0.2) is 54.4 Å². The van der Waals surface area contributed by atoms with Gasteiger partial charge in [-0.25, -0.2) is 4.39 Å². The minimum absolute atomic E-state index is 0.101. The maximum absolute atomic E-state index is 13.4. The normalized spacial score (nSPS) is 18.6. The van der Waals surface area contributed by atoms with Gasteiger partial charge in [-0.2, -0.15) is 0 Å². The van der Waals surface area contributed by atoms with E-state index in [-0.39, 0.29) is 16.5 Å². The lowest BCUT2D eigenvalue weighted by Gasteiger charge is -2.22. The molecule has 0 spiro atoms. The number of carbonyl (C=O) groups is 2. The predicted octanol–water partition coefficient (Wildman–Crippen LogP) is 3.01. The molecule has 1 atom stereocenters. The van der Waals surface area contributed by atoms with Crippen LogP contribution in [-0.4, -0.2) is 32.0 Å². The molecule has 1 N–H and O–H groups in total. The number of anilines is 1. The highest BCUT2D eigenvalue weighted by molar-refractivity contribution is 7.15. The Morgan fingerprint density at radius 1 is 1.11 bits per heavy atom. The van der Waals surface area contributed by atoms with Crippen LogP contribution < -0.4 is 4.90 Å². The number of aliphatic hydroxyl groups is 1. The molecule has 0 aliphatic carbocycles. The molecule has 0 bridgehead atoms. The summed E-state index contributed by atoms with van der Waals surface area (Å²) in [5.74, 6) is -2.47. The molecule has 0 radical (unpaired) electrons. The highest BCUT2D eigenvalue weighted by Gasteiger charge is 2.48.